The van der Waals surface area contributed by atoms with Crippen molar-refractivity contribution in [1.29, 1.82) is 0 Å². The van der Waals surface area contributed by atoms with Crippen molar-refractivity contribution < 1.29 is 4.39 Å². The van der Waals surface area contributed by atoms with Crippen LogP contribution in [0.4, 0.5) is 10.2 Å². The molecule has 0 amide bonds. The molecule has 1 aliphatic heterocycles. The molecule has 4 aromatic rings. The molecule has 2 aromatic carbocycles. The van der Waals surface area contributed by atoms with E-state index < -0.39 is 0 Å². The zero-order valence-corrected chi connectivity index (χ0v) is 18.7. The predicted molar refractivity (Wildman–Crippen MR) is 128 cm³/mol. The molecule has 0 radical (unpaired) electrons. The molecule has 3 heterocycles. The highest BCUT2D eigenvalue weighted by Gasteiger charge is 2.17. The highest BCUT2D eigenvalue weighted by atomic mass is 35.5. The number of piperidine rings is 1. The van der Waals surface area contributed by atoms with Gasteiger partial charge >= 0.3 is 0 Å². The largest absolute Gasteiger partial charge is 0.367 e. The van der Waals surface area contributed by atoms with Gasteiger partial charge in [0.25, 0.3) is 0 Å². The summed E-state index contributed by atoms with van der Waals surface area (Å²) >= 11 is 6.54. The molecule has 1 N–H and O–H groups in total. The zero-order chi connectivity index (χ0) is 22.1. The summed E-state index contributed by atoms with van der Waals surface area (Å²) < 4.78 is 15.6. The summed E-state index contributed by atoms with van der Waals surface area (Å²) in [7, 11) is 2.16. The molecule has 0 atom stereocenters. The number of aromatic nitrogens is 3. The molecule has 0 aliphatic carbocycles. The van der Waals surface area contributed by atoms with Gasteiger partial charge in [-0.2, -0.15) is 0 Å². The number of benzene rings is 2. The van der Waals surface area contributed by atoms with Crippen LogP contribution in [0.25, 0.3) is 22.2 Å². The second-order valence-corrected chi connectivity index (χ2v) is 8.88. The van der Waals surface area contributed by atoms with E-state index in [1.807, 2.05) is 28.8 Å². The first-order chi connectivity index (χ1) is 15.5. The van der Waals surface area contributed by atoms with Crippen molar-refractivity contribution in [3.63, 3.8) is 0 Å². The van der Waals surface area contributed by atoms with Gasteiger partial charge in [-0.05, 0) is 74.4 Å². The molecule has 1 saturated heterocycles. The molecule has 5 nitrogen and oxygen atoms in total. The highest BCUT2D eigenvalue weighted by Crippen LogP contribution is 2.32. The van der Waals surface area contributed by atoms with Crippen LogP contribution < -0.4 is 5.32 Å². The van der Waals surface area contributed by atoms with E-state index >= 15 is 0 Å². The molecule has 1 fully saturated rings. The number of hydrogen-bond donors (Lipinski definition) is 1. The Hall–Kier alpha value is -2.96. The molecule has 32 heavy (non-hydrogen) atoms. The number of nitrogens with one attached hydrogen (secondary N) is 1. The summed E-state index contributed by atoms with van der Waals surface area (Å²) in [6, 6.07) is 15.2. The molecular formula is C25H25ClFN5. The van der Waals surface area contributed by atoms with Crippen molar-refractivity contribution in [2.75, 3.05) is 25.5 Å². The van der Waals surface area contributed by atoms with E-state index in [0.29, 0.717) is 17.6 Å². The summed E-state index contributed by atoms with van der Waals surface area (Å²) in [5, 5.41) is 4.18. The fourth-order valence-corrected chi connectivity index (χ4v) is 4.50. The van der Waals surface area contributed by atoms with Gasteiger partial charge in [0.1, 0.15) is 11.6 Å². The lowest BCUT2D eigenvalue weighted by atomic mass is 10.0. The van der Waals surface area contributed by atoms with Gasteiger partial charge in [0.05, 0.1) is 22.4 Å². The standard InChI is InChI=1S/C25H25ClFN5/c1-31-9-7-20(8-10-31)30-25-13-21(22(26)14-28-25)18-5-6-23-24(12-18)32(16-29-23)15-17-3-2-4-19(27)11-17/h2-6,11-14,16,20H,7-10,15H2,1H3,(H,28,30). The Balaban J connectivity index is 1.44. The monoisotopic (exact) mass is 449 g/mol. The van der Waals surface area contributed by atoms with Crippen LogP contribution in [-0.2, 0) is 6.54 Å². The molecule has 0 unspecified atom stereocenters. The predicted octanol–water partition coefficient (Wildman–Crippen LogP) is 5.45. The molecule has 164 valence electrons. The fraction of sp³-hybridized carbons (Fsp3) is 0.280. The lowest BCUT2D eigenvalue weighted by Crippen LogP contribution is -2.36. The third-order valence-electron chi connectivity index (χ3n) is 6.10. The number of nitrogens with zero attached hydrogens (tertiary/aromatic N) is 4. The average Bonchev–Trinajstić information content (AvgIpc) is 3.18. The van der Waals surface area contributed by atoms with Gasteiger partial charge in [0, 0.05) is 24.3 Å². The second-order valence-electron chi connectivity index (χ2n) is 8.48. The van der Waals surface area contributed by atoms with Crippen LogP contribution in [-0.4, -0.2) is 45.6 Å². The summed E-state index contributed by atoms with van der Waals surface area (Å²) in [6.07, 6.45) is 5.70. The van der Waals surface area contributed by atoms with Crippen LogP contribution in [0, 0.1) is 5.82 Å². The lowest BCUT2D eigenvalue weighted by molar-refractivity contribution is 0.263. The Bertz CT molecular complexity index is 1250. The first kappa shape index (κ1) is 20.9. The molecular weight excluding hydrogens is 425 g/mol. The van der Waals surface area contributed by atoms with E-state index in [0.717, 1.165) is 59.5 Å². The normalized spacial score (nSPS) is 15.3. The number of fused-ring (bicyclic) bond motifs is 1. The third kappa shape index (κ3) is 4.47. The van der Waals surface area contributed by atoms with Gasteiger partial charge in [0.2, 0.25) is 0 Å². The van der Waals surface area contributed by atoms with Gasteiger partial charge in [-0.3, -0.25) is 0 Å². The van der Waals surface area contributed by atoms with E-state index in [1.165, 1.54) is 6.07 Å². The molecule has 0 bridgehead atoms. The first-order valence-corrected chi connectivity index (χ1v) is 11.2. The molecule has 0 spiro atoms. The molecule has 0 saturated carbocycles. The van der Waals surface area contributed by atoms with Gasteiger partial charge in [-0.15, -0.1) is 0 Å². The average molecular weight is 450 g/mol. The van der Waals surface area contributed by atoms with Gasteiger partial charge in [-0.25, -0.2) is 14.4 Å². The number of halogens is 2. The number of likely N-dealkylation sites (tertiary alicyclic amines) is 1. The molecule has 7 heteroatoms. The smallest absolute Gasteiger partial charge is 0.126 e. The summed E-state index contributed by atoms with van der Waals surface area (Å²) in [5.41, 5.74) is 4.68. The Kier molecular flexibility index (Phi) is 5.81. The molecule has 1 aliphatic rings. The topological polar surface area (TPSA) is 46.0 Å². The van der Waals surface area contributed by atoms with E-state index in [9.17, 15) is 4.39 Å². The van der Waals surface area contributed by atoms with Crippen molar-refractivity contribution >= 4 is 28.5 Å². The van der Waals surface area contributed by atoms with Crippen molar-refractivity contribution in [3.8, 4) is 11.1 Å². The SMILES string of the molecule is CN1CCC(Nc2cc(-c3ccc4ncn(Cc5cccc(F)c5)c4c3)c(Cl)cn2)CC1. The maximum atomic E-state index is 13.6. The van der Waals surface area contributed by atoms with Crippen molar-refractivity contribution in [2.24, 2.45) is 0 Å². The fourth-order valence-electron chi connectivity index (χ4n) is 4.28. The second kappa shape index (κ2) is 8.88. The minimum absolute atomic E-state index is 0.235. The third-order valence-corrected chi connectivity index (χ3v) is 6.40. The van der Waals surface area contributed by atoms with E-state index in [-0.39, 0.29) is 5.82 Å². The minimum atomic E-state index is -0.235. The van der Waals surface area contributed by atoms with Crippen molar-refractivity contribution in [2.45, 2.75) is 25.4 Å². The lowest BCUT2D eigenvalue weighted by Gasteiger charge is -2.29. The highest BCUT2D eigenvalue weighted by molar-refractivity contribution is 6.33. The number of hydrogen-bond acceptors (Lipinski definition) is 4. The minimum Gasteiger partial charge on any atom is -0.367 e. The Morgan fingerprint density at radius 1 is 1.09 bits per heavy atom. The van der Waals surface area contributed by atoms with Crippen LogP contribution in [0.3, 0.4) is 0 Å². The maximum Gasteiger partial charge on any atom is 0.126 e. The Morgan fingerprint density at radius 3 is 2.75 bits per heavy atom. The Labute approximate surface area is 191 Å². The van der Waals surface area contributed by atoms with E-state index in [4.69, 9.17) is 11.6 Å². The maximum absolute atomic E-state index is 13.6. The van der Waals surface area contributed by atoms with Crippen LogP contribution in [0.5, 0.6) is 0 Å². The van der Waals surface area contributed by atoms with Crippen molar-refractivity contribution in [3.05, 3.63) is 77.5 Å². The number of pyridine rings is 1. The molecule has 5 rings (SSSR count). The number of rotatable bonds is 5. The summed E-state index contributed by atoms with van der Waals surface area (Å²) in [6.45, 7) is 2.72. The van der Waals surface area contributed by atoms with Crippen molar-refractivity contribution in [1.82, 2.24) is 19.4 Å². The van der Waals surface area contributed by atoms with Crippen LogP contribution in [0.15, 0.2) is 61.1 Å². The first-order valence-electron chi connectivity index (χ1n) is 10.9. The van der Waals surface area contributed by atoms with Crippen LogP contribution >= 0.6 is 11.6 Å². The number of imidazole rings is 1. The van der Waals surface area contributed by atoms with Crippen LogP contribution in [0.2, 0.25) is 5.02 Å². The van der Waals surface area contributed by atoms with Crippen LogP contribution in [0.1, 0.15) is 18.4 Å². The van der Waals surface area contributed by atoms with Gasteiger partial charge < -0.3 is 14.8 Å². The molecule has 2 aromatic heterocycles. The van der Waals surface area contributed by atoms with Gasteiger partial charge in [0.15, 0.2) is 0 Å². The quantitative estimate of drug-likeness (QED) is 0.440. The zero-order valence-electron chi connectivity index (χ0n) is 17.9. The number of anilines is 1. The van der Waals surface area contributed by atoms with E-state index in [1.54, 1.807) is 24.7 Å². The van der Waals surface area contributed by atoms with E-state index in [2.05, 4.69) is 33.3 Å². The van der Waals surface area contributed by atoms with Gasteiger partial charge in [-0.1, -0.05) is 29.8 Å². The Morgan fingerprint density at radius 2 is 1.94 bits per heavy atom. The summed E-state index contributed by atoms with van der Waals surface area (Å²) in [4.78, 5) is 11.4. The summed E-state index contributed by atoms with van der Waals surface area (Å²) in [5.74, 6) is 0.605.